The van der Waals surface area contributed by atoms with E-state index < -0.39 is 16.0 Å². The van der Waals surface area contributed by atoms with Gasteiger partial charge in [0.25, 0.3) is 0 Å². The molecule has 0 radical (unpaired) electrons. The number of rotatable bonds is 4. The Balaban J connectivity index is 2.08. The molecule has 1 aliphatic rings. The van der Waals surface area contributed by atoms with E-state index >= 15 is 0 Å². The normalized spacial score (nSPS) is 17.4. The van der Waals surface area contributed by atoms with Crippen LogP contribution in [-0.2, 0) is 14.8 Å². The van der Waals surface area contributed by atoms with E-state index in [0.717, 1.165) is 0 Å². The van der Waals surface area contributed by atoms with E-state index in [1.165, 1.54) is 16.4 Å². The number of benzene rings is 1. The minimum atomic E-state index is -3.54. The van der Waals surface area contributed by atoms with Crippen LogP contribution in [-0.4, -0.2) is 36.9 Å². The minimum absolute atomic E-state index is 0.00155. The molecule has 1 aliphatic heterocycles. The second-order valence-corrected chi connectivity index (χ2v) is 6.62. The fraction of sp³-hybridized carbons (Fsp3) is 0.364. The van der Waals surface area contributed by atoms with Crippen LogP contribution in [0.3, 0.4) is 0 Å². The van der Waals surface area contributed by atoms with Crippen LogP contribution in [0.25, 0.3) is 0 Å². The molecule has 0 amide bonds. The number of carboxylic acids is 1. The van der Waals surface area contributed by atoms with Crippen LogP contribution in [0.15, 0.2) is 29.2 Å². The average molecular weight is 290 g/mol. The number of halogens is 1. The van der Waals surface area contributed by atoms with Gasteiger partial charge in [-0.2, -0.15) is 4.31 Å². The van der Waals surface area contributed by atoms with E-state index in [-0.39, 0.29) is 30.3 Å². The quantitative estimate of drug-likeness (QED) is 0.910. The van der Waals surface area contributed by atoms with Crippen LogP contribution in [0, 0.1) is 5.92 Å². The van der Waals surface area contributed by atoms with Gasteiger partial charge in [-0.25, -0.2) is 8.42 Å². The molecule has 1 fully saturated rings. The number of hydrogen-bond acceptors (Lipinski definition) is 3. The molecular formula is C11H12ClNO4S. The first-order valence-electron chi connectivity index (χ1n) is 5.37. The smallest absolute Gasteiger partial charge is 0.303 e. The second kappa shape index (κ2) is 4.87. The number of carboxylic acid groups (broad SMARTS) is 1. The highest BCUT2D eigenvalue weighted by atomic mass is 35.5. The fourth-order valence-electron chi connectivity index (χ4n) is 1.87. The van der Waals surface area contributed by atoms with Gasteiger partial charge in [0.15, 0.2) is 0 Å². The third-order valence-electron chi connectivity index (χ3n) is 2.82. The lowest BCUT2D eigenvalue weighted by molar-refractivity contribution is -0.139. The standard InChI is InChI=1S/C11H12ClNO4S/c12-9-2-1-3-10(5-9)18(16,17)13-6-8(7-13)4-11(14)15/h1-3,5,8H,4,6-7H2,(H,14,15). The molecule has 0 bridgehead atoms. The Labute approximate surface area is 110 Å². The summed E-state index contributed by atoms with van der Waals surface area (Å²) in [6, 6.07) is 6.04. The highest BCUT2D eigenvalue weighted by Crippen LogP contribution is 2.27. The summed E-state index contributed by atoms with van der Waals surface area (Å²) in [5.74, 6) is -1.00. The van der Waals surface area contributed by atoms with E-state index in [0.29, 0.717) is 5.02 Å². The summed E-state index contributed by atoms with van der Waals surface area (Å²) in [7, 11) is -3.54. The number of aliphatic carboxylic acids is 1. The Morgan fingerprint density at radius 3 is 2.67 bits per heavy atom. The molecule has 1 aromatic rings. The molecule has 1 heterocycles. The zero-order valence-corrected chi connectivity index (χ0v) is 11.0. The Morgan fingerprint density at radius 2 is 2.11 bits per heavy atom. The summed E-state index contributed by atoms with van der Waals surface area (Å²) in [5, 5.41) is 8.97. The van der Waals surface area contributed by atoms with Gasteiger partial charge in [-0.15, -0.1) is 0 Å². The lowest BCUT2D eigenvalue weighted by atomic mass is 10.00. The van der Waals surface area contributed by atoms with Crippen LogP contribution in [0.4, 0.5) is 0 Å². The lowest BCUT2D eigenvalue weighted by Gasteiger charge is -2.37. The molecule has 0 atom stereocenters. The van der Waals surface area contributed by atoms with Crippen LogP contribution in [0.5, 0.6) is 0 Å². The number of nitrogens with zero attached hydrogens (tertiary/aromatic N) is 1. The van der Waals surface area contributed by atoms with Crippen LogP contribution < -0.4 is 0 Å². The number of hydrogen-bond donors (Lipinski definition) is 1. The Kier molecular flexibility index (Phi) is 3.61. The summed E-state index contributed by atoms with van der Waals surface area (Å²) in [6.45, 7) is 0.502. The molecule has 7 heteroatoms. The van der Waals surface area contributed by atoms with Crippen molar-refractivity contribution >= 4 is 27.6 Å². The van der Waals surface area contributed by atoms with Gasteiger partial charge in [-0.1, -0.05) is 17.7 Å². The predicted octanol–water partition coefficient (Wildman–Crippen LogP) is 1.44. The van der Waals surface area contributed by atoms with Gasteiger partial charge in [0, 0.05) is 18.1 Å². The predicted molar refractivity (Wildman–Crippen MR) is 66.0 cm³/mol. The average Bonchev–Trinajstić information content (AvgIpc) is 2.22. The first-order valence-corrected chi connectivity index (χ1v) is 7.19. The maximum Gasteiger partial charge on any atom is 0.303 e. The van der Waals surface area contributed by atoms with Crippen molar-refractivity contribution in [1.82, 2.24) is 4.31 Å². The summed E-state index contributed by atoms with van der Waals surface area (Å²) in [5.41, 5.74) is 0. The third kappa shape index (κ3) is 2.66. The van der Waals surface area contributed by atoms with Gasteiger partial charge in [-0.3, -0.25) is 4.79 Å². The Hall–Kier alpha value is -1.11. The van der Waals surface area contributed by atoms with Gasteiger partial charge in [0.2, 0.25) is 10.0 Å². The Morgan fingerprint density at radius 1 is 1.44 bits per heavy atom. The maximum absolute atomic E-state index is 12.1. The molecule has 1 aromatic carbocycles. The Bertz CT molecular complexity index is 566. The van der Waals surface area contributed by atoms with Crippen molar-refractivity contribution in [2.24, 2.45) is 5.92 Å². The summed E-state index contributed by atoms with van der Waals surface area (Å²) >= 11 is 5.75. The van der Waals surface area contributed by atoms with Crippen LogP contribution in [0.1, 0.15) is 6.42 Å². The highest BCUT2D eigenvalue weighted by molar-refractivity contribution is 7.89. The van der Waals surface area contributed by atoms with Crippen molar-refractivity contribution < 1.29 is 18.3 Å². The van der Waals surface area contributed by atoms with Crippen LogP contribution in [0.2, 0.25) is 5.02 Å². The number of sulfonamides is 1. The molecule has 0 unspecified atom stereocenters. The minimum Gasteiger partial charge on any atom is -0.481 e. The van der Waals surface area contributed by atoms with E-state index in [1.54, 1.807) is 12.1 Å². The molecule has 0 spiro atoms. The molecule has 5 nitrogen and oxygen atoms in total. The second-order valence-electron chi connectivity index (χ2n) is 4.24. The highest BCUT2D eigenvalue weighted by Gasteiger charge is 2.37. The summed E-state index contributed by atoms with van der Waals surface area (Å²) in [4.78, 5) is 10.6. The molecule has 0 saturated carbocycles. The van der Waals surface area contributed by atoms with Gasteiger partial charge in [-0.05, 0) is 24.1 Å². The van der Waals surface area contributed by atoms with Crippen molar-refractivity contribution in [3.8, 4) is 0 Å². The van der Waals surface area contributed by atoms with Crippen molar-refractivity contribution in [2.75, 3.05) is 13.1 Å². The monoisotopic (exact) mass is 289 g/mol. The maximum atomic E-state index is 12.1. The van der Waals surface area contributed by atoms with Gasteiger partial charge in [0.05, 0.1) is 11.3 Å². The summed E-state index contributed by atoms with van der Waals surface area (Å²) < 4.78 is 25.5. The first-order chi connectivity index (χ1) is 8.39. The zero-order chi connectivity index (χ0) is 13.3. The number of carbonyl (C=O) groups is 1. The van der Waals surface area contributed by atoms with Crippen molar-refractivity contribution in [3.05, 3.63) is 29.3 Å². The molecule has 1 saturated heterocycles. The van der Waals surface area contributed by atoms with Gasteiger partial charge < -0.3 is 5.11 Å². The molecule has 2 rings (SSSR count). The van der Waals surface area contributed by atoms with Crippen molar-refractivity contribution in [3.63, 3.8) is 0 Å². The fourth-order valence-corrected chi connectivity index (χ4v) is 3.77. The first kappa shape index (κ1) is 13.3. The lowest BCUT2D eigenvalue weighted by Crippen LogP contribution is -2.50. The summed E-state index contributed by atoms with van der Waals surface area (Å²) in [6.07, 6.45) is 0.00155. The third-order valence-corrected chi connectivity index (χ3v) is 4.88. The molecule has 98 valence electrons. The van der Waals surface area contributed by atoms with E-state index in [9.17, 15) is 13.2 Å². The molecular weight excluding hydrogens is 278 g/mol. The zero-order valence-electron chi connectivity index (χ0n) is 9.41. The SMILES string of the molecule is O=C(O)CC1CN(S(=O)(=O)c2cccc(Cl)c2)C1. The van der Waals surface area contributed by atoms with Crippen LogP contribution >= 0.6 is 11.6 Å². The molecule has 18 heavy (non-hydrogen) atoms. The van der Waals surface area contributed by atoms with Crippen molar-refractivity contribution in [2.45, 2.75) is 11.3 Å². The van der Waals surface area contributed by atoms with Gasteiger partial charge >= 0.3 is 5.97 Å². The van der Waals surface area contributed by atoms with Crippen molar-refractivity contribution in [1.29, 1.82) is 0 Å². The van der Waals surface area contributed by atoms with E-state index in [2.05, 4.69) is 0 Å². The molecule has 1 N–H and O–H groups in total. The van der Waals surface area contributed by atoms with E-state index in [4.69, 9.17) is 16.7 Å². The largest absolute Gasteiger partial charge is 0.481 e. The van der Waals surface area contributed by atoms with E-state index in [1.807, 2.05) is 0 Å². The molecule has 0 aromatic heterocycles. The topological polar surface area (TPSA) is 74.7 Å². The van der Waals surface area contributed by atoms with Gasteiger partial charge in [0.1, 0.15) is 0 Å². The molecule has 0 aliphatic carbocycles.